The summed E-state index contributed by atoms with van der Waals surface area (Å²) in [5.41, 5.74) is 0.333. The van der Waals surface area contributed by atoms with E-state index in [1.54, 1.807) is 0 Å². The first-order valence-corrected chi connectivity index (χ1v) is 4.97. The van der Waals surface area contributed by atoms with E-state index in [1.165, 1.54) is 0 Å². The van der Waals surface area contributed by atoms with Crippen LogP contribution in [0.15, 0.2) is 0 Å². The average Bonchev–Trinajstić information content (AvgIpc) is 2.32. The van der Waals surface area contributed by atoms with Crippen LogP contribution >= 0.6 is 0 Å². The maximum atomic E-state index is 12.2. The highest BCUT2D eigenvalue weighted by Crippen LogP contribution is 2.31. The highest BCUT2D eigenvalue weighted by atomic mass is 19.1. The van der Waals surface area contributed by atoms with Crippen LogP contribution in [0.5, 0.6) is 0 Å². The highest BCUT2D eigenvalue weighted by molar-refractivity contribution is 4.83. The lowest BCUT2D eigenvalue weighted by atomic mass is 9.81. The zero-order valence-electron chi connectivity index (χ0n) is 9.18. The molecule has 0 saturated carbocycles. The molecular weight excluding hydrogens is 167 g/mol. The zero-order valence-corrected chi connectivity index (χ0v) is 9.18. The van der Waals surface area contributed by atoms with Gasteiger partial charge in [0.15, 0.2) is 0 Å². The summed E-state index contributed by atoms with van der Waals surface area (Å²) in [7, 11) is 2.04. The SMILES string of the molecule is CN1CC(C(C)(C)C)CN1CCF. The lowest BCUT2D eigenvalue weighted by Crippen LogP contribution is -2.34. The predicted molar refractivity (Wildman–Crippen MR) is 53.1 cm³/mol. The monoisotopic (exact) mass is 188 g/mol. The summed E-state index contributed by atoms with van der Waals surface area (Å²) in [6, 6.07) is 0. The van der Waals surface area contributed by atoms with Crippen LogP contribution in [-0.2, 0) is 0 Å². The molecule has 1 fully saturated rings. The quantitative estimate of drug-likeness (QED) is 0.652. The van der Waals surface area contributed by atoms with Crippen molar-refractivity contribution in [3.8, 4) is 0 Å². The Morgan fingerprint density at radius 2 is 1.92 bits per heavy atom. The smallest absolute Gasteiger partial charge is 0.103 e. The molecule has 13 heavy (non-hydrogen) atoms. The standard InChI is InChI=1S/C10H21FN2/c1-10(2,3)9-7-12(4)13(8-9)6-5-11/h9H,5-8H2,1-4H3. The number of alkyl halides is 1. The zero-order chi connectivity index (χ0) is 10.1. The molecule has 1 saturated heterocycles. The van der Waals surface area contributed by atoms with Gasteiger partial charge < -0.3 is 0 Å². The predicted octanol–water partition coefficient (Wildman–Crippen LogP) is 1.78. The van der Waals surface area contributed by atoms with Crippen LogP contribution in [0.25, 0.3) is 0 Å². The van der Waals surface area contributed by atoms with Gasteiger partial charge in [0.2, 0.25) is 0 Å². The Kier molecular flexibility index (Phi) is 3.30. The van der Waals surface area contributed by atoms with Crippen molar-refractivity contribution in [1.29, 1.82) is 0 Å². The van der Waals surface area contributed by atoms with E-state index >= 15 is 0 Å². The fourth-order valence-corrected chi connectivity index (χ4v) is 1.79. The van der Waals surface area contributed by atoms with Gasteiger partial charge in [-0.15, -0.1) is 0 Å². The van der Waals surface area contributed by atoms with Crippen molar-refractivity contribution in [3.05, 3.63) is 0 Å². The van der Waals surface area contributed by atoms with Crippen LogP contribution in [0.2, 0.25) is 0 Å². The van der Waals surface area contributed by atoms with Crippen molar-refractivity contribution < 1.29 is 4.39 Å². The molecule has 0 aromatic rings. The Hall–Kier alpha value is -0.150. The summed E-state index contributed by atoms with van der Waals surface area (Å²) in [6.07, 6.45) is 0. The summed E-state index contributed by atoms with van der Waals surface area (Å²) >= 11 is 0. The van der Waals surface area contributed by atoms with Gasteiger partial charge in [-0.05, 0) is 11.3 Å². The number of hydrazine groups is 1. The van der Waals surface area contributed by atoms with Gasteiger partial charge in [0.05, 0.1) is 0 Å². The molecular formula is C10H21FN2. The molecule has 0 spiro atoms. The Morgan fingerprint density at radius 1 is 1.31 bits per heavy atom. The van der Waals surface area contributed by atoms with E-state index in [9.17, 15) is 4.39 Å². The molecule has 1 aliphatic rings. The first-order chi connectivity index (χ1) is 5.95. The van der Waals surface area contributed by atoms with Crippen molar-refractivity contribution in [2.24, 2.45) is 11.3 Å². The lowest BCUT2D eigenvalue weighted by Gasteiger charge is -2.25. The third kappa shape index (κ3) is 2.64. The Bertz CT molecular complexity index is 165. The van der Waals surface area contributed by atoms with Crippen molar-refractivity contribution in [3.63, 3.8) is 0 Å². The van der Waals surface area contributed by atoms with E-state index in [1.807, 2.05) is 7.05 Å². The fourth-order valence-electron chi connectivity index (χ4n) is 1.79. The highest BCUT2D eigenvalue weighted by Gasteiger charge is 2.34. The third-order valence-corrected chi connectivity index (χ3v) is 2.97. The molecule has 1 atom stereocenters. The van der Waals surface area contributed by atoms with Crippen LogP contribution < -0.4 is 0 Å². The molecule has 0 bridgehead atoms. The molecule has 1 rings (SSSR count). The summed E-state index contributed by atoms with van der Waals surface area (Å²) < 4.78 is 12.2. The van der Waals surface area contributed by atoms with E-state index in [2.05, 4.69) is 30.8 Å². The third-order valence-electron chi connectivity index (χ3n) is 2.97. The van der Waals surface area contributed by atoms with E-state index in [0.29, 0.717) is 17.9 Å². The molecule has 0 aromatic heterocycles. The van der Waals surface area contributed by atoms with Crippen LogP contribution in [-0.4, -0.2) is 43.4 Å². The largest absolute Gasteiger partial charge is 0.250 e. The summed E-state index contributed by atoms with van der Waals surface area (Å²) in [5, 5.41) is 4.26. The summed E-state index contributed by atoms with van der Waals surface area (Å²) in [4.78, 5) is 0. The number of halogens is 1. The van der Waals surface area contributed by atoms with Gasteiger partial charge in [0, 0.05) is 26.7 Å². The number of hydrogen-bond acceptors (Lipinski definition) is 2. The van der Waals surface area contributed by atoms with Crippen molar-refractivity contribution >= 4 is 0 Å². The summed E-state index contributed by atoms with van der Waals surface area (Å²) in [5.74, 6) is 0.657. The van der Waals surface area contributed by atoms with Gasteiger partial charge in [0.25, 0.3) is 0 Å². The molecule has 2 nitrogen and oxygen atoms in total. The fraction of sp³-hybridized carbons (Fsp3) is 1.00. The second-order valence-corrected chi connectivity index (χ2v) is 5.00. The van der Waals surface area contributed by atoms with Gasteiger partial charge in [0.1, 0.15) is 6.67 Å². The minimum absolute atomic E-state index is 0.249. The van der Waals surface area contributed by atoms with Crippen molar-refractivity contribution in [2.45, 2.75) is 20.8 Å². The van der Waals surface area contributed by atoms with Crippen LogP contribution in [0, 0.1) is 11.3 Å². The molecule has 3 heteroatoms. The average molecular weight is 188 g/mol. The second-order valence-electron chi connectivity index (χ2n) is 5.00. The van der Waals surface area contributed by atoms with E-state index in [4.69, 9.17) is 0 Å². The van der Waals surface area contributed by atoms with Gasteiger partial charge in [-0.2, -0.15) is 0 Å². The van der Waals surface area contributed by atoms with Gasteiger partial charge in [-0.1, -0.05) is 20.8 Å². The van der Waals surface area contributed by atoms with Crippen LogP contribution in [0.4, 0.5) is 4.39 Å². The maximum Gasteiger partial charge on any atom is 0.103 e. The van der Waals surface area contributed by atoms with Gasteiger partial charge in [-0.3, -0.25) is 0 Å². The topological polar surface area (TPSA) is 6.48 Å². The van der Waals surface area contributed by atoms with Crippen LogP contribution in [0.3, 0.4) is 0 Å². The maximum absolute atomic E-state index is 12.2. The Balaban J connectivity index is 2.50. The van der Waals surface area contributed by atoms with E-state index in [-0.39, 0.29) is 6.67 Å². The number of nitrogens with zero attached hydrogens (tertiary/aromatic N) is 2. The molecule has 0 aromatic carbocycles. The van der Waals surface area contributed by atoms with E-state index < -0.39 is 0 Å². The van der Waals surface area contributed by atoms with E-state index in [0.717, 1.165) is 13.1 Å². The number of rotatable bonds is 2. The molecule has 0 aliphatic carbocycles. The molecule has 0 amide bonds. The molecule has 1 heterocycles. The molecule has 1 unspecified atom stereocenters. The summed E-state index contributed by atoms with van der Waals surface area (Å²) in [6.45, 7) is 9.12. The minimum Gasteiger partial charge on any atom is -0.250 e. The normalized spacial score (nSPS) is 27.0. The minimum atomic E-state index is -0.249. The lowest BCUT2D eigenvalue weighted by molar-refractivity contribution is 0.0498. The van der Waals surface area contributed by atoms with Gasteiger partial charge >= 0.3 is 0 Å². The molecule has 1 aliphatic heterocycles. The van der Waals surface area contributed by atoms with Gasteiger partial charge in [-0.25, -0.2) is 14.4 Å². The molecule has 78 valence electrons. The molecule has 0 radical (unpaired) electrons. The van der Waals surface area contributed by atoms with Crippen molar-refractivity contribution in [2.75, 3.05) is 33.4 Å². The molecule has 0 N–H and O–H groups in total. The second kappa shape index (κ2) is 3.93. The van der Waals surface area contributed by atoms with Crippen LogP contribution in [0.1, 0.15) is 20.8 Å². The first-order valence-electron chi connectivity index (χ1n) is 4.97. The Labute approximate surface area is 80.7 Å². The first kappa shape index (κ1) is 10.9. The number of hydrogen-bond donors (Lipinski definition) is 0. The Morgan fingerprint density at radius 3 is 2.31 bits per heavy atom. The van der Waals surface area contributed by atoms with Crippen molar-refractivity contribution in [1.82, 2.24) is 10.0 Å².